The van der Waals surface area contributed by atoms with Gasteiger partial charge in [0, 0.05) is 18.8 Å². The molecule has 1 saturated heterocycles. The van der Waals surface area contributed by atoms with Crippen molar-refractivity contribution in [3.8, 4) is 0 Å². The van der Waals surface area contributed by atoms with Crippen molar-refractivity contribution in [1.29, 1.82) is 0 Å². The number of carbonyl (C=O) groups is 1. The van der Waals surface area contributed by atoms with Gasteiger partial charge in [-0.3, -0.25) is 10.1 Å². The predicted octanol–water partition coefficient (Wildman–Crippen LogP) is 1.83. The first-order valence-electron chi connectivity index (χ1n) is 6.50. The molecule has 0 spiro atoms. The van der Waals surface area contributed by atoms with Crippen molar-refractivity contribution in [1.82, 2.24) is 4.98 Å². The van der Waals surface area contributed by atoms with Gasteiger partial charge in [-0.15, -0.1) is 0 Å². The number of methoxy groups -OCH3 is 1. The predicted molar refractivity (Wildman–Crippen MR) is 72.6 cm³/mol. The van der Waals surface area contributed by atoms with Crippen molar-refractivity contribution < 1.29 is 14.5 Å². The molecular formula is C13H17N3O4. The minimum Gasteiger partial charge on any atom is -0.467 e. The van der Waals surface area contributed by atoms with Gasteiger partial charge in [0.15, 0.2) is 0 Å². The molecule has 0 N–H and O–H groups in total. The summed E-state index contributed by atoms with van der Waals surface area (Å²) in [5.41, 5.74) is 0.646. The monoisotopic (exact) mass is 279 g/mol. The second-order valence-electron chi connectivity index (χ2n) is 4.84. The highest BCUT2D eigenvalue weighted by molar-refractivity contribution is 5.81. The quantitative estimate of drug-likeness (QED) is 0.476. The number of nitrogens with zero attached hydrogens (tertiary/aromatic N) is 3. The summed E-state index contributed by atoms with van der Waals surface area (Å²) in [5.74, 6) is -0.128. The van der Waals surface area contributed by atoms with Gasteiger partial charge in [0.2, 0.25) is 5.82 Å². The molecule has 1 atom stereocenters. The summed E-state index contributed by atoms with van der Waals surface area (Å²) in [6, 6.07) is 0.980. The van der Waals surface area contributed by atoms with Gasteiger partial charge in [-0.05, 0) is 31.7 Å². The SMILES string of the molecule is COC(=O)C1CCCCN1c1ncc(C)cc1[N+](=O)[O-]. The number of aryl methyl sites for hydroxylation is 1. The number of carbonyl (C=O) groups excluding carboxylic acids is 1. The molecule has 2 heterocycles. The Morgan fingerprint density at radius 1 is 1.55 bits per heavy atom. The van der Waals surface area contributed by atoms with E-state index in [0.29, 0.717) is 18.5 Å². The summed E-state index contributed by atoms with van der Waals surface area (Å²) < 4.78 is 4.79. The molecule has 1 aliphatic heterocycles. The number of esters is 1. The molecule has 0 radical (unpaired) electrons. The molecule has 0 bridgehead atoms. The number of rotatable bonds is 3. The summed E-state index contributed by atoms with van der Waals surface area (Å²) in [5, 5.41) is 11.2. The minimum absolute atomic E-state index is 0.0687. The highest BCUT2D eigenvalue weighted by atomic mass is 16.6. The van der Waals surface area contributed by atoms with Crippen molar-refractivity contribution in [2.45, 2.75) is 32.2 Å². The third-order valence-corrected chi connectivity index (χ3v) is 3.43. The van der Waals surface area contributed by atoms with Gasteiger partial charge < -0.3 is 9.64 Å². The molecule has 0 saturated carbocycles. The average Bonchev–Trinajstić information content (AvgIpc) is 2.46. The van der Waals surface area contributed by atoms with Crippen LogP contribution in [-0.4, -0.2) is 35.6 Å². The Labute approximate surface area is 116 Å². The van der Waals surface area contributed by atoms with E-state index in [-0.39, 0.29) is 17.5 Å². The van der Waals surface area contributed by atoms with Crippen LogP contribution >= 0.6 is 0 Å². The van der Waals surface area contributed by atoms with Crippen LogP contribution in [0.15, 0.2) is 12.3 Å². The fraction of sp³-hybridized carbons (Fsp3) is 0.538. The molecule has 20 heavy (non-hydrogen) atoms. The third kappa shape index (κ3) is 2.71. The van der Waals surface area contributed by atoms with Crippen molar-refractivity contribution in [2.24, 2.45) is 0 Å². The zero-order valence-corrected chi connectivity index (χ0v) is 11.5. The summed E-state index contributed by atoms with van der Waals surface area (Å²) in [6.07, 6.45) is 3.97. The topological polar surface area (TPSA) is 85.6 Å². The maximum Gasteiger partial charge on any atom is 0.328 e. The standard InChI is InChI=1S/C13H17N3O4/c1-9-7-11(16(18)19)12(14-8-9)15-6-4-3-5-10(15)13(17)20-2/h7-8,10H,3-6H2,1-2H3. The summed E-state index contributed by atoms with van der Waals surface area (Å²) in [7, 11) is 1.33. The minimum atomic E-state index is -0.498. The van der Waals surface area contributed by atoms with Crippen molar-refractivity contribution in [3.05, 3.63) is 27.9 Å². The van der Waals surface area contributed by atoms with Crippen LogP contribution in [0.2, 0.25) is 0 Å². The van der Waals surface area contributed by atoms with Gasteiger partial charge in [-0.2, -0.15) is 0 Å². The first-order chi connectivity index (χ1) is 9.54. The molecule has 0 aliphatic carbocycles. The Bertz CT molecular complexity index is 532. The van der Waals surface area contributed by atoms with Gasteiger partial charge in [0.25, 0.3) is 0 Å². The van der Waals surface area contributed by atoms with E-state index < -0.39 is 11.0 Å². The molecule has 1 aromatic heterocycles. The maximum absolute atomic E-state index is 11.8. The molecule has 7 nitrogen and oxygen atoms in total. The van der Waals surface area contributed by atoms with Gasteiger partial charge in [-0.1, -0.05) is 0 Å². The fourth-order valence-corrected chi connectivity index (χ4v) is 2.47. The lowest BCUT2D eigenvalue weighted by molar-refractivity contribution is -0.384. The van der Waals surface area contributed by atoms with E-state index >= 15 is 0 Å². The molecule has 1 aliphatic rings. The van der Waals surface area contributed by atoms with E-state index in [0.717, 1.165) is 12.8 Å². The van der Waals surface area contributed by atoms with Crippen LogP contribution in [0.25, 0.3) is 0 Å². The van der Waals surface area contributed by atoms with Crippen LogP contribution in [-0.2, 0) is 9.53 Å². The Kier molecular flexibility index (Phi) is 4.16. The first-order valence-corrected chi connectivity index (χ1v) is 6.50. The molecule has 0 aromatic carbocycles. The number of hydrogen-bond donors (Lipinski definition) is 0. The lowest BCUT2D eigenvalue weighted by atomic mass is 10.0. The maximum atomic E-state index is 11.8. The van der Waals surface area contributed by atoms with E-state index in [9.17, 15) is 14.9 Å². The van der Waals surface area contributed by atoms with Crippen LogP contribution in [0.3, 0.4) is 0 Å². The smallest absolute Gasteiger partial charge is 0.328 e. The van der Waals surface area contributed by atoms with Crippen LogP contribution in [0.4, 0.5) is 11.5 Å². The molecule has 108 valence electrons. The summed E-state index contributed by atoms with van der Waals surface area (Å²) >= 11 is 0. The van der Waals surface area contributed by atoms with Crippen LogP contribution < -0.4 is 4.90 Å². The summed E-state index contributed by atoms with van der Waals surface area (Å²) in [4.78, 5) is 28.4. The molecule has 1 aromatic rings. The van der Waals surface area contributed by atoms with E-state index in [1.165, 1.54) is 13.2 Å². The molecule has 2 rings (SSSR count). The Morgan fingerprint density at radius 3 is 2.95 bits per heavy atom. The van der Waals surface area contributed by atoms with E-state index in [1.807, 2.05) is 0 Å². The number of pyridine rings is 1. The lowest BCUT2D eigenvalue weighted by Crippen LogP contribution is -2.46. The van der Waals surface area contributed by atoms with Crippen molar-refractivity contribution in [2.75, 3.05) is 18.6 Å². The fourth-order valence-electron chi connectivity index (χ4n) is 2.47. The van der Waals surface area contributed by atoms with Crippen LogP contribution in [0.1, 0.15) is 24.8 Å². The Balaban J connectivity index is 2.42. The van der Waals surface area contributed by atoms with Gasteiger partial charge in [0.1, 0.15) is 6.04 Å². The number of anilines is 1. The lowest BCUT2D eigenvalue weighted by Gasteiger charge is -2.34. The largest absolute Gasteiger partial charge is 0.467 e. The van der Waals surface area contributed by atoms with E-state index in [1.54, 1.807) is 18.0 Å². The average molecular weight is 279 g/mol. The summed E-state index contributed by atoms with van der Waals surface area (Å²) in [6.45, 7) is 2.31. The second-order valence-corrected chi connectivity index (χ2v) is 4.84. The number of nitro groups is 1. The van der Waals surface area contributed by atoms with E-state index in [4.69, 9.17) is 4.74 Å². The molecule has 1 unspecified atom stereocenters. The zero-order chi connectivity index (χ0) is 14.7. The van der Waals surface area contributed by atoms with Gasteiger partial charge in [0.05, 0.1) is 12.0 Å². The number of ether oxygens (including phenoxy) is 1. The zero-order valence-electron chi connectivity index (χ0n) is 11.5. The van der Waals surface area contributed by atoms with E-state index in [2.05, 4.69) is 4.98 Å². The number of piperidine rings is 1. The van der Waals surface area contributed by atoms with Crippen molar-refractivity contribution >= 4 is 17.5 Å². The number of hydrogen-bond acceptors (Lipinski definition) is 6. The first kappa shape index (κ1) is 14.2. The third-order valence-electron chi connectivity index (χ3n) is 3.43. The normalized spacial score (nSPS) is 18.7. The van der Waals surface area contributed by atoms with Crippen LogP contribution in [0.5, 0.6) is 0 Å². The highest BCUT2D eigenvalue weighted by Crippen LogP contribution is 2.31. The Hall–Kier alpha value is -2.18. The van der Waals surface area contributed by atoms with Gasteiger partial charge >= 0.3 is 11.7 Å². The molecule has 0 amide bonds. The van der Waals surface area contributed by atoms with Crippen LogP contribution in [0, 0.1) is 17.0 Å². The van der Waals surface area contributed by atoms with Gasteiger partial charge in [-0.25, -0.2) is 9.78 Å². The number of aromatic nitrogens is 1. The molecular weight excluding hydrogens is 262 g/mol. The second kappa shape index (κ2) is 5.85. The Morgan fingerprint density at radius 2 is 2.30 bits per heavy atom. The highest BCUT2D eigenvalue weighted by Gasteiger charge is 2.34. The molecule has 1 fully saturated rings. The van der Waals surface area contributed by atoms with Crippen molar-refractivity contribution in [3.63, 3.8) is 0 Å². The molecule has 7 heteroatoms.